The summed E-state index contributed by atoms with van der Waals surface area (Å²) in [7, 11) is 2.00. The van der Waals surface area contributed by atoms with Crippen molar-refractivity contribution in [3.63, 3.8) is 0 Å². The summed E-state index contributed by atoms with van der Waals surface area (Å²) in [5, 5.41) is 4.49. The number of nitrogens with two attached hydrogens (primary N) is 1. The van der Waals surface area contributed by atoms with E-state index in [4.69, 9.17) is 5.84 Å². The maximum absolute atomic E-state index is 5.79. The lowest BCUT2D eigenvalue weighted by atomic mass is 9.95. The van der Waals surface area contributed by atoms with Gasteiger partial charge in [-0.15, -0.1) is 0 Å². The van der Waals surface area contributed by atoms with Crippen LogP contribution in [0.3, 0.4) is 0 Å². The predicted molar refractivity (Wildman–Crippen MR) is 78.7 cm³/mol. The fourth-order valence-corrected chi connectivity index (χ4v) is 2.97. The molecule has 1 aromatic heterocycles. The van der Waals surface area contributed by atoms with E-state index in [9.17, 15) is 0 Å². The van der Waals surface area contributed by atoms with Gasteiger partial charge in [0.2, 0.25) is 0 Å². The van der Waals surface area contributed by atoms with Crippen molar-refractivity contribution in [1.82, 2.24) is 15.2 Å². The number of nitrogens with zero attached hydrogens (tertiary/aromatic N) is 2. The molecule has 1 atom stereocenters. The van der Waals surface area contributed by atoms with Gasteiger partial charge in [0.15, 0.2) is 0 Å². The van der Waals surface area contributed by atoms with Crippen LogP contribution < -0.4 is 11.3 Å². The molecule has 106 valence electrons. The maximum atomic E-state index is 5.79. The number of hydrogen-bond donors (Lipinski definition) is 2. The van der Waals surface area contributed by atoms with E-state index < -0.39 is 0 Å². The van der Waals surface area contributed by atoms with Gasteiger partial charge in [-0.2, -0.15) is 5.10 Å². The molecule has 1 heterocycles. The Bertz CT molecular complexity index is 459. The second-order valence-corrected chi connectivity index (χ2v) is 5.57. The van der Waals surface area contributed by atoms with Gasteiger partial charge in [0, 0.05) is 18.8 Å². The minimum atomic E-state index is 0.250. The Hall–Kier alpha value is -1.13. The Kier molecular flexibility index (Phi) is 4.77. The smallest absolute Gasteiger partial charge is 0.0629 e. The van der Waals surface area contributed by atoms with Gasteiger partial charge in [-0.1, -0.05) is 18.1 Å². The SMILES string of the molecule is Cc1nn(C)c(C)c1CC(NN)C1=CCCCCC1. The van der Waals surface area contributed by atoms with Gasteiger partial charge >= 0.3 is 0 Å². The molecule has 0 saturated heterocycles. The summed E-state index contributed by atoms with van der Waals surface area (Å²) in [6.07, 6.45) is 9.63. The van der Waals surface area contributed by atoms with Crippen molar-refractivity contribution in [2.24, 2.45) is 12.9 Å². The van der Waals surface area contributed by atoms with Gasteiger partial charge in [0.25, 0.3) is 0 Å². The monoisotopic (exact) mass is 262 g/mol. The lowest BCUT2D eigenvalue weighted by molar-refractivity contribution is 0.562. The van der Waals surface area contributed by atoms with Crippen molar-refractivity contribution in [2.45, 2.75) is 58.4 Å². The van der Waals surface area contributed by atoms with E-state index in [2.05, 4.69) is 30.4 Å². The van der Waals surface area contributed by atoms with E-state index >= 15 is 0 Å². The van der Waals surface area contributed by atoms with Crippen LogP contribution in [0.4, 0.5) is 0 Å². The van der Waals surface area contributed by atoms with E-state index in [1.165, 1.54) is 48.9 Å². The molecular formula is C15H26N4. The minimum absolute atomic E-state index is 0.250. The van der Waals surface area contributed by atoms with Crippen LogP contribution >= 0.6 is 0 Å². The van der Waals surface area contributed by atoms with Gasteiger partial charge in [-0.25, -0.2) is 0 Å². The van der Waals surface area contributed by atoms with E-state index in [0.29, 0.717) is 0 Å². The number of aromatic nitrogens is 2. The number of nitrogens with one attached hydrogen (secondary N) is 1. The first-order valence-corrected chi connectivity index (χ1v) is 7.27. The first-order chi connectivity index (χ1) is 9.13. The average Bonchev–Trinajstić information content (AvgIpc) is 2.64. The van der Waals surface area contributed by atoms with Crippen LogP contribution in [-0.2, 0) is 13.5 Å². The van der Waals surface area contributed by atoms with Gasteiger partial charge in [0.1, 0.15) is 0 Å². The second kappa shape index (κ2) is 6.35. The van der Waals surface area contributed by atoms with E-state index in [0.717, 1.165) is 12.1 Å². The molecule has 0 radical (unpaired) electrons. The highest BCUT2D eigenvalue weighted by atomic mass is 15.3. The summed E-state index contributed by atoms with van der Waals surface area (Å²) in [4.78, 5) is 0. The molecule has 0 spiro atoms. The van der Waals surface area contributed by atoms with Crippen LogP contribution in [0, 0.1) is 13.8 Å². The Morgan fingerprint density at radius 3 is 2.79 bits per heavy atom. The fraction of sp³-hybridized carbons (Fsp3) is 0.667. The Labute approximate surface area is 116 Å². The molecule has 1 unspecified atom stereocenters. The van der Waals surface area contributed by atoms with E-state index in [1.54, 1.807) is 0 Å². The van der Waals surface area contributed by atoms with Crippen LogP contribution in [0.5, 0.6) is 0 Å². The standard InChI is InChI=1S/C15H26N4/c1-11-14(12(2)19(3)18-11)10-15(17-16)13-8-6-4-5-7-9-13/h8,15,17H,4-7,9-10,16H2,1-3H3. The van der Waals surface area contributed by atoms with Crippen molar-refractivity contribution in [3.8, 4) is 0 Å². The van der Waals surface area contributed by atoms with Crippen molar-refractivity contribution in [3.05, 3.63) is 28.6 Å². The summed E-state index contributed by atoms with van der Waals surface area (Å²) >= 11 is 0. The first-order valence-electron chi connectivity index (χ1n) is 7.27. The molecule has 0 bridgehead atoms. The first kappa shape index (κ1) is 14.3. The summed E-state index contributed by atoms with van der Waals surface area (Å²) < 4.78 is 1.96. The number of rotatable bonds is 4. The van der Waals surface area contributed by atoms with Crippen LogP contribution in [0.1, 0.15) is 49.1 Å². The second-order valence-electron chi connectivity index (χ2n) is 5.57. The quantitative estimate of drug-likeness (QED) is 0.497. The number of hydrazine groups is 1. The van der Waals surface area contributed by atoms with Crippen LogP contribution in [-0.4, -0.2) is 15.8 Å². The highest BCUT2D eigenvalue weighted by molar-refractivity contribution is 5.28. The minimum Gasteiger partial charge on any atom is -0.272 e. The maximum Gasteiger partial charge on any atom is 0.0629 e. The highest BCUT2D eigenvalue weighted by Crippen LogP contribution is 2.23. The van der Waals surface area contributed by atoms with Gasteiger partial charge < -0.3 is 0 Å². The molecule has 0 saturated carbocycles. The Morgan fingerprint density at radius 1 is 1.37 bits per heavy atom. The molecule has 1 aliphatic carbocycles. The molecule has 3 N–H and O–H groups in total. The molecule has 1 aromatic rings. The largest absolute Gasteiger partial charge is 0.272 e. The summed E-state index contributed by atoms with van der Waals surface area (Å²) in [6, 6.07) is 0.250. The number of aryl methyl sites for hydroxylation is 2. The van der Waals surface area contributed by atoms with Crippen molar-refractivity contribution in [2.75, 3.05) is 0 Å². The van der Waals surface area contributed by atoms with Crippen LogP contribution in [0.2, 0.25) is 0 Å². The molecule has 2 rings (SSSR count). The summed E-state index contributed by atoms with van der Waals surface area (Å²) in [5.74, 6) is 5.79. The lowest BCUT2D eigenvalue weighted by Crippen LogP contribution is -2.38. The topological polar surface area (TPSA) is 55.9 Å². The number of hydrogen-bond acceptors (Lipinski definition) is 3. The lowest BCUT2D eigenvalue weighted by Gasteiger charge is -2.19. The third-order valence-electron chi connectivity index (χ3n) is 4.29. The average molecular weight is 262 g/mol. The predicted octanol–water partition coefficient (Wildman–Crippen LogP) is 2.30. The van der Waals surface area contributed by atoms with Gasteiger partial charge in [0.05, 0.1) is 5.69 Å². The molecule has 0 fully saturated rings. The van der Waals surface area contributed by atoms with Gasteiger partial charge in [-0.05, 0) is 51.5 Å². The molecule has 4 nitrogen and oxygen atoms in total. The normalized spacial score (nSPS) is 18.0. The molecule has 0 amide bonds. The zero-order valence-corrected chi connectivity index (χ0v) is 12.4. The molecule has 19 heavy (non-hydrogen) atoms. The zero-order valence-electron chi connectivity index (χ0n) is 12.4. The molecule has 1 aliphatic rings. The van der Waals surface area contributed by atoms with Crippen molar-refractivity contribution >= 4 is 0 Å². The third kappa shape index (κ3) is 3.25. The number of allylic oxidation sites excluding steroid dienone is 1. The zero-order chi connectivity index (χ0) is 13.8. The van der Waals surface area contributed by atoms with Crippen molar-refractivity contribution in [1.29, 1.82) is 0 Å². The van der Waals surface area contributed by atoms with Crippen LogP contribution in [0.25, 0.3) is 0 Å². The van der Waals surface area contributed by atoms with E-state index in [1.807, 2.05) is 11.7 Å². The molecular weight excluding hydrogens is 236 g/mol. The summed E-state index contributed by atoms with van der Waals surface area (Å²) in [6.45, 7) is 4.21. The Balaban J connectivity index is 2.16. The highest BCUT2D eigenvalue weighted by Gasteiger charge is 2.19. The molecule has 0 aromatic carbocycles. The summed E-state index contributed by atoms with van der Waals surface area (Å²) in [5.41, 5.74) is 8.17. The molecule has 4 heteroatoms. The van der Waals surface area contributed by atoms with Crippen molar-refractivity contribution < 1.29 is 0 Å². The fourth-order valence-electron chi connectivity index (χ4n) is 2.97. The Morgan fingerprint density at radius 2 is 2.16 bits per heavy atom. The molecule has 0 aliphatic heterocycles. The van der Waals surface area contributed by atoms with E-state index in [-0.39, 0.29) is 6.04 Å². The van der Waals surface area contributed by atoms with Crippen LogP contribution in [0.15, 0.2) is 11.6 Å². The third-order valence-corrected chi connectivity index (χ3v) is 4.29. The van der Waals surface area contributed by atoms with Gasteiger partial charge in [-0.3, -0.25) is 16.0 Å².